The van der Waals surface area contributed by atoms with Gasteiger partial charge in [-0.3, -0.25) is 14.4 Å². The summed E-state index contributed by atoms with van der Waals surface area (Å²) in [6, 6.07) is 2.84. The van der Waals surface area contributed by atoms with Gasteiger partial charge in [-0.25, -0.2) is 0 Å². The Morgan fingerprint density at radius 2 is 2.24 bits per heavy atom. The van der Waals surface area contributed by atoms with Gasteiger partial charge < -0.3 is 0 Å². The summed E-state index contributed by atoms with van der Waals surface area (Å²) in [5, 5.41) is 4.48. The molecule has 4 heteroatoms. The number of hydrogen-bond donors (Lipinski definition) is 0. The molecule has 0 spiro atoms. The standard InChI is InChI=1S/C13H21N3O/c1-10(2)16-7-5-4-6-13(16)12-8-11(9-17)15(3)14-12/h8-10,13H,4-7H2,1-3H3. The van der Waals surface area contributed by atoms with Gasteiger partial charge in [0, 0.05) is 13.1 Å². The van der Waals surface area contributed by atoms with E-state index in [1.807, 2.05) is 13.1 Å². The molecule has 1 aliphatic rings. The fourth-order valence-corrected chi connectivity index (χ4v) is 2.67. The van der Waals surface area contributed by atoms with Crippen molar-refractivity contribution < 1.29 is 4.79 Å². The normalized spacial score (nSPS) is 22.0. The lowest BCUT2D eigenvalue weighted by Gasteiger charge is -2.37. The summed E-state index contributed by atoms with van der Waals surface area (Å²) in [5.41, 5.74) is 1.71. The number of nitrogens with zero attached hydrogens (tertiary/aromatic N) is 3. The number of aromatic nitrogens is 2. The van der Waals surface area contributed by atoms with Gasteiger partial charge in [0.15, 0.2) is 6.29 Å². The van der Waals surface area contributed by atoms with Crippen LogP contribution in [0, 0.1) is 0 Å². The summed E-state index contributed by atoms with van der Waals surface area (Å²) < 4.78 is 1.68. The lowest BCUT2D eigenvalue weighted by atomic mass is 9.97. The highest BCUT2D eigenvalue weighted by Crippen LogP contribution is 2.31. The van der Waals surface area contributed by atoms with Crippen molar-refractivity contribution in [2.45, 2.75) is 45.2 Å². The number of likely N-dealkylation sites (tertiary alicyclic amines) is 1. The average molecular weight is 235 g/mol. The van der Waals surface area contributed by atoms with E-state index in [4.69, 9.17) is 0 Å². The van der Waals surface area contributed by atoms with Crippen LogP contribution >= 0.6 is 0 Å². The van der Waals surface area contributed by atoms with Crippen LogP contribution in [0.5, 0.6) is 0 Å². The Morgan fingerprint density at radius 3 is 2.82 bits per heavy atom. The Morgan fingerprint density at radius 1 is 1.47 bits per heavy atom. The molecule has 0 saturated carbocycles. The second kappa shape index (κ2) is 5.00. The molecule has 2 rings (SSSR count). The van der Waals surface area contributed by atoms with Crippen LogP contribution < -0.4 is 0 Å². The van der Waals surface area contributed by atoms with E-state index in [0.29, 0.717) is 17.8 Å². The number of piperidine rings is 1. The van der Waals surface area contributed by atoms with Gasteiger partial charge in [-0.05, 0) is 39.3 Å². The minimum atomic E-state index is 0.378. The highest BCUT2D eigenvalue weighted by molar-refractivity contribution is 5.72. The second-order valence-corrected chi connectivity index (χ2v) is 5.08. The number of carbonyl (C=O) groups excluding carboxylic acids is 1. The van der Waals surface area contributed by atoms with Crippen molar-refractivity contribution in [2.75, 3.05) is 6.54 Å². The molecule has 1 atom stereocenters. The first-order chi connectivity index (χ1) is 8.13. The molecular weight excluding hydrogens is 214 g/mol. The Hall–Kier alpha value is -1.16. The predicted octanol–water partition coefficient (Wildman–Crippen LogP) is 2.17. The molecule has 1 aromatic heterocycles. The molecule has 0 amide bonds. The minimum absolute atomic E-state index is 0.378. The Bertz CT molecular complexity index is 397. The molecule has 1 aromatic rings. The summed E-state index contributed by atoms with van der Waals surface area (Å²) in [6.45, 7) is 5.58. The van der Waals surface area contributed by atoms with E-state index in [1.54, 1.807) is 4.68 Å². The van der Waals surface area contributed by atoms with Gasteiger partial charge in [-0.15, -0.1) is 0 Å². The van der Waals surface area contributed by atoms with Gasteiger partial charge in [0.05, 0.1) is 11.7 Å². The van der Waals surface area contributed by atoms with Gasteiger partial charge in [-0.2, -0.15) is 5.10 Å². The van der Waals surface area contributed by atoms with E-state index in [-0.39, 0.29) is 0 Å². The van der Waals surface area contributed by atoms with E-state index >= 15 is 0 Å². The fourth-order valence-electron chi connectivity index (χ4n) is 2.67. The summed E-state index contributed by atoms with van der Waals surface area (Å²) >= 11 is 0. The zero-order valence-corrected chi connectivity index (χ0v) is 10.9. The third-order valence-electron chi connectivity index (χ3n) is 3.60. The van der Waals surface area contributed by atoms with Crippen molar-refractivity contribution in [2.24, 2.45) is 7.05 Å². The topological polar surface area (TPSA) is 38.1 Å². The third-order valence-corrected chi connectivity index (χ3v) is 3.60. The number of hydrogen-bond acceptors (Lipinski definition) is 3. The maximum Gasteiger partial charge on any atom is 0.168 e. The lowest BCUT2D eigenvalue weighted by Crippen LogP contribution is -2.38. The van der Waals surface area contributed by atoms with E-state index in [1.165, 1.54) is 12.8 Å². The van der Waals surface area contributed by atoms with Crippen molar-refractivity contribution in [3.8, 4) is 0 Å². The molecule has 1 unspecified atom stereocenters. The molecule has 0 radical (unpaired) electrons. The number of rotatable bonds is 3. The first kappa shape index (κ1) is 12.3. The van der Waals surface area contributed by atoms with Crippen LogP contribution in [0.15, 0.2) is 6.07 Å². The van der Waals surface area contributed by atoms with Crippen LogP contribution in [-0.4, -0.2) is 33.6 Å². The Kier molecular flexibility index (Phi) is 3.62. The maximum absolute atomic E-state index is 10.9. The number of aldehydes is 1. The SMILES string of the molecule is CC(C)N1CCCCC1c1cc(C=O)n(C)n1. The van der Waals surface area contributed by atoms with Gasteiger partial charge in [-0.1, -0.05) is 6.42 Å². The summed E-state index contributed by atoms with van der Waals surface area (Å²) in [5.74, 6) is 0. The molecule has 1 fully saturated rings. The van der Waals surface area contributed by atoms with Crippen LogP contribution in [0.4, 0.5) is 0 Å². The van der Waals surface area contributed by atoms with Gasteiger partial charge in [0.25, 0.3) is 0 Å². The monoisotopic (exact) mass is 235 g/mol. The van der Waals surface area contributed by atoms with E-state index in [2.05, 4.69) is 23.8 Å². The van der Waals surface area contributed by atoms with Crippen molar-refractivity contribution in [3.05, 3.63) is 17.5 Å². The van der Waals surface area contributed by atoms with Crippen molar-refractivity contribution >= 4 is 6.29 Å². The van der Waals surface area contributed by atoms with Gasteiger partial charge >= 0.3 is 0 Å². The van der Waals surface area contributed by atoms with Gasteiger partial charge in [0.2, 0.25) is 0 Å². The summed E-state index contributed by atoms with van der Waals surface area (Å²) in [7, 11) is 1.83. The van der Waals surface area contributed by atoms with E-state index < -0.39 is 0 Å². The van der Waals surface area contributed by atoms with Crippen LogP contribution in [-0.2, 0) is 7.05 Å². The van der Waals surface area contributed by atoms with Gasteiger partial charge in [0.1, 0.15) is 5.69 Å². The van der Waals surface area contributed by atoms with Crippen LogP contribution in [0.3, 0.4) is 0 Å². The molecule has 1 aliphatic heterocycles. The molecule has 0 bridgehead atoms. The predicted molar refractivity (Wildman–Crippen MR) is 67.0 cm³/mol. The smallest absolute Gasteiger partial charge is 0.168 e. The molecular formula is C13H21N3O. The molecule has 0 N–H and O–H groups in total. The number of carbonyl (C=O) groups is 1. The maximum atomic E-state index is 10.9. The van der Waals surface area contributed by atoms with Crippen molar-refractivity contribution in [3.63, 3.8) is 0 Å². The minimum Gasteiger partial charge on any atom is -0.296 e. The zero-order valence-electron chi connectivity index (χ0n) is 10.9. The first-order valence-corrected chi connectivity index (χ1v) is 6.38. The fraction of sp³-hybridized carbons (Fsp3) is 0.692. The second-order valence-electron chi connectivity index (χ2n) is 5.08. The molecule has 1 saturated heterocycles. The highest BCUT2D eigenvalue weighted by Gasteiger charge is 2.28. The third kappa shape index (κ3) is 2.41. The highest BCUT2D eigenvalue weighted by atomic mass is 16.1. The average Bonchev–Trinajstić information content (AvgIpc) is 2.70. The van der Waals surface area contributed by atoms with Crippen molar-refractivity contribution in [1.82, 2.24) is 14.7 Å². The summed E-state index contributed by atoms with van der Waals surface area (Å²) in [6.07, 6.45) is 4.54. The van der Waals surface area contributed by atoms with E-state index in [0.717, 1.165) is 24.9 Å². The molecule has 94 valence electrons. The molecule has 0 aliphatic carbocycles. The number of aryl methyl sites for hydroxylation is 1. The quantitative estimate of drug-likeness (QED) is 0.754. The Balaban J connectivity index is 2.26. The van der Waals surface area contributed by atoms with E-state index in [9.17, 15) is 4.79 Å². The largest absolute Gasteiger partial charge is 0.296 e. The molecule has 17 heavy (non-hydrogen) atoms. The molecule has 2 heterocycles. The lowest BCUT2D eigenvalue weighted by molar-refractivity contribution is 0.109. The molecule has 0 aromatic carbocycles. The first-order valence-electron chi connectivity index (χ1n) is 6.38. The Labute approximate surface area is 103 Å². The van der Waals surface area contributed by atoms with Crippen LogP contribution in [0.25, 0.3) is 0 Å². The molecule has 4 nitrogen and oxygen atoms in total. The summed E-state index contributed by atoms with van der Waals surface area (Å²) in [4.78, 5) is 13.4. The van der Waals surface area contributed by atoms with Crippen LogP contribution in [0.1, 0.15) is 55.3 Å². The van der Waals surface area contributed by atoms with Crippen molar-refractivity contribution in [1.29, 1.82) is 0 Å². The van der Waals surface area contributed by atoms with Crippen LogP contribution in [0.2, 0.25) is 0 Å². The zero-order chi connectivity index (χ0) is 12.4.